The average molecular weight is 274 g/mol. The Hall–Kier alpha value is -0.980. The monoisotopic (exact) mass is 274 g/mol. The van der Waals surface area contributed by atoms with E-state index in [9.17, 15) is 12.8 Å². The van der Waals surface area contributed by atoms with Gasteiger partial charge in [-0.1, -0.05) is 6.07 Å². The molecule has 0 amide bonds. The largest absolute Gasteiger partial charge is 0.328 e. The molecule has 1 atom stereocenters. The summed E-state index contributed by atoms with van der Waals surface area (Å²) in [6.07, 6.45) is 1.40. The van der Waals surface area contributed by atoms with E-state index in [1.54, 1.807) is 6.92 Å². The van der Waals surface area contributed by atoms with Crippen molar-refractivity contribution >= 4 is 10.0 Å². The molecule has 18 heavy (non-hydrogen) atoms. The van der Waals surface area contributed by atoms with Crippen LogP contribution in [0.1, 0.15) is 25.3 Å². The average Bonchev–Trinajstić information content (AvgIpc) is 2.27. The van der Waals surface area contributed by atoms with E-state index in [2.05, 4.69) is 4.72 Å². The third-order valence-corrected chi connectivity index (χ3v) is 4.17. The minimum Gasteiger partial charge on any atom is -0.328 e. The molecule has 102 valence electrons. The normalized spacial score (nSPS) is 13.6. The van der Waals surface area contributed by atoms with Gasteiger partial charge >= 0.3 is 0 Å². The maximum absolute atomic E-state index is 13.1. The standard InChI is InChI=1S/C12H19FN2O2S/c1-9-5-6-11(13)8-12(9)18(16,17)15-7-3-4-10(2)14/h5-6,8,10,15H,3-4,7,14H2,1-2H3. The molecule has 0 heterocycles. The second kappa shape index (κ2) is 6.26. The molecule has 3 N–H and O–H groups in total. The first kappa shape index (κ1) is 15.1. The van der Waals surface area contributed by atoms with Crippen molar-refractivity contribution < 1.29 is 12.8 Å². The SMILES string of the molecule is Cc1ccc(F)cc1S(=O)(=O)NCCCC(C)N. The lowest BCUT2D eigenvalue weighted by molar-refractivity contribution is 0.564. The van der Waals surface area contributed by atoms with E-state index < -0.39 is 15.8 Å². The van der Waals surface area contributed by atoms with Crippen molar-refractivity contribution in [3.8, 4) is 0 Å². The van der Waals surface area contributed by atoms with Gasteiger partial charge in [-0.15, -0.1) is 0 Å². The quantitative estimate of drug-likeness (QED) is 0.773. The number of benzene rings is 1. The van der Waals surface area contributed by atoms with Gasteiger partial charge in [0.2, 0.25) is 10.0 Å². The van der Waals surface area contributed by atoms with E-state index in [0.717, 1.165) is 12.5 Å². The fourth-order valence-corrected chi connectivity index (χ4v) is 2.90. The molecule has 1 unspecified atom stereocenters. The maximum Gasteiger partial charge on any atom is 0.240 e. The summed E-state index contributed by atoms with van der Waals surface area (Å²) in [6, 6.07) is 3.77. The van der Waals surface area contributed by atoms with Gasteiger partial charge in [0.25, 0.3) is 0 Å². The molecular formula is C12H19FN2O2S. The lowest BCUT2D eigenvalue weighted by atomic mass is 10.2. The molecule has 0 saturated carbocycles. The van der Waals surface area contributed by atoms with Gasteiger partial charge in [0.05, 0.1) is 4.90 Å². The van der Waals surface area contributed by atoms with E-state index in [1.165, 1.54) is 12.1 Å². The molecule has 0 aliphatic carbocycles. The Morgan fingerprint density at radius 1 is 1.44 bits per heavy atom. The van der Waals surface area contributed by atoms with Crippen molar-refractivity contribution in [2.75, 3.05) is 6.54 Å². The molecule has 0 saturated heterocycles. The van der Waals surface area contributed by atoms with E-state index >= 15 is 0 Å². The fourth-order valence-electron chi connectivity index (χ4n) is 1.57. The Bertz CT molecular complexity index is 501. The number of halogens is 1. The molecule has 4 nitrogen and oxygen atoms in total. The molecule has 1 aromatic carbocycles. The molecule has 0 radical (unpaired) electrons. The molecule has 1 aromatic rings. The Labute approximate surface area is 107 Å². The smallest absolute Gasteiger partial charge is 0.240 e. The zero-order valence-electron chi connectivity index (χ0n) is 10.6. The van der Waals surface area contributed by atoms with Gasteiger partial charge in [-0.2, -0.15) is 0 Å². The molecule has 0 aliphatic rings. The summed E-state index contributed by atoms with van der Waals surface area (Å²) in [5, 5.41) is 0. The first-order valence-corrected chi connectivity index (χ1v) is 7.32. The van der Waals surface area contributed by atoms with Crippen LogP contribution in [0.15, 0.2) is 23.1 Å². The van der Waals surface area contributed by atoms with Crippen molar-refractivity contribution in [2.24, 2.45) is 5.73 Å². The highest BCUT2D eigenvalue weighted by atomic mass is 32.2. The maximum atomic E-state index is 13.1. The summed E-state index contributed by atoms with van der Waals surface area (Å²) in [4.78, 5) is -0.0108. The van der Waals surface area contributed by atoms with Crippen LogP contribution >= 0.6 is 0 Å². The van der Waals surface area contributed by atoms with Crippen LogP contribution in [0.2, 0.25) is 0 Å². The van der Waals surface area contributed by atoms with E-state index in [4.69, 9.17) is 5.73 Å². The summed E-state index contributed by atoms with van der Waals surface area (Å²) in [6.45, 7) is 3.81. The highest BCUT2D eigenvalue weighted by molar-refractivity contribution is 7.89. The zero-order chi connectivity index (χ0) is 13.8. The van der Waals surface area contributed by atoms with Gasteiger partial charge in [0.1, 0.15) is 5.82 Å². The predicted octanol–water partition coefficient (Wildman–Crippen LogP) is 1.54. The molecular weight excluding hydrogens is 255 g/mol. The number of sulfonamides is 1. The van der Waals surface area contributed by atoms with Crippen molar-refractivity contribution in [1.29, 1.82) is 0 Å². The van der Waals surface area contributed by atoms with Crippen molar-refractivity contribution in [3.63, 3.8) is 0 Å². The van der Waals surface area contributed by atoms with Crippen LogP contribution in [0, 0.1) is 12.7 Å². The van der Waals surface area contributed by atoms with E-state index in [0.29, 0.717) is 18.5 Å². The Kier molecular flexibility index (Phi) is 5.25. The van der Waals surface area contributed by atoms with Crippen LogP contribution in [-0.4, -0.2) is 21.0 Å². The summed E-state index contributed by atoms with van der Waals surface area (Å²) in [7, 11) is -3.64. The highest BCUT2D eigenvalue weighted by Gasteiger charge is 2.16. The van der Waals surface area contributed by atoms with Gasteiger partial charge in [0.15, 0.2) is 0 Å². The topological polar surface area (TPSA) is 72.2 Å². The predicted molar refractivity (Wildman–Crippen MR) is 69.2 cm³/mol. The number of nitrogens with two attached hydrogens (primary N) is 1. The first-order valence-electron chi connectivity index (χ1n) is 5.84. The Morgan fingerprint density at radius 2 is 2.11 bits per heavy atom. The fraction of sp³-hybridized carbons (Fsp3) is 0.500. The third-order valence-electron chi connectivity index (χ3n) is 2.57. The minimum atomic E-state index is -3.64. The summed E-state index contributed by atoms with van der Waals surface area (Å²) < 4.78 is 39.4. The number of rotatable bonds is 6. The summed E-state index contributed by atoms with van der Waals surface area (Å²) >= 11 is 0. The number of hydrogen-bond donors (Lipinski definition) is 2. The second-order valence-corrected chi connectivity index (χ2v) is 6.16. The van der Waals surface area contributed by atoms with Crippen LogP contribution in [-0.2, 0) is 10.0 Å². The molecule has 0 bridgehead atoms. The van der Waals surface area contributed by atoms with Crippen LogP contribution in [0.25, 0.3) is 0 Å². The molecule has 1 rings (SSSR count). The van der Waals surface area contributed by atoms with Crippen LogP contribution in [0.5, 0.6) is 0 Å². The van der Waals surface area contributed by atoms with Crippen molar-refractivity contribution in [3.05, 3.63) is 29.6 Å². The second-order valence-electron chi connectivity index (χ2n) is 4.43. The summed E-state index contributed by atoms with van der Waals surface area (Å²) in [5.41, 5.74) is 6.09. The first-order chi connectivity index (χ1) is 8.33. The van der Waals surface area contributed by atoms with Gasteiger partial charge < -0.3 is 5.73 Å². The molecule has 0 spiro atoms. The molecule has 0 aliphatic heterocycles. The van der Waals surface area contributed by atoms with Gasteiger partial charge in [0, 0.05) is 12.6 Å². The van der Waals surface area contributed by atoms with Crippen LogP contribution < -0.4 is 10.5 Å². The lowest BCUT2D eigenvalue weighted by Gasteiger charge is -2.10. The lowest BCUT2D eigenvalue weighted by Crippen LogP contribution is -2.27. The third kappa shape index (κ3) is 4.36. The van der Waals surface area contributed by atoms with Gasteiger partial charge in [-0.25, -0.2) is 17.5 Å². The van der Waals surface area contributed by atoms with E-state index in [-0.39, 0.29) is 10.9 Å². The Balaban J connectivity index is 2.71. The van der Waals surface area contributed by atoms with Crippen molar-refractivity contribution in [2.45, 2.75) is 37.6 Å². The Morgan fingerprint density at radius 3 is 2.72 bits per heavy atom. The van der Waals surface area contributed by atoms with Gasteiger partial charge in [-0.3, -0.25) is 0 Å². The zero-order valence-corrected chi connectivity index (χ0v) is 11.4. The number of nitrogens with one attached hydrogen (secondary N) is 1. The molecule has 6 heteroatoms. The molecule has 0 fully saturated rings. The highest BCUT2D eigenvalue weighted by Crippen LogP contribution is 2.16. The van der Waals surface area contributed by atoms with Crippen LogP contribution in [0.4, 0.5) is 4.39 Å². The van der Waals surface area contributed by atoms with Crippen LogP contribution in [0.3, 0.4) is 0 Å². The number of hydrogen-bond acceptors (Lipinski definition) is 3. The van der Waals surface area contributed by atoms with Gasteiger partial charge in [-0.05, 0) is 44.4 Å². The minimum absolute atomic E-state index is 0.0108. The number of aryl methyl sites for hydroxylation is 1. The summed E-state index contributed by atoms with van der Waals surface area (Å²) in [5.74, 6) is -0.559. The van der Waals surface area contributed by atoms with Crippen molar-refractivity contribution in [1.82, 2.24) is 4.72 Å². The molecule has 0 aromatic heterocycles. The van der Waals surface area contributed by atoms with E-state index in [1.807, 2.05) is 6.92 Å².